The average Bonchev–Trinajstić information content (AvgIpc) is 2.86. The number of rotatable bonds is 7. The third kappa shape index (κ3) is 4.67. The molecule has 6 heteroatoms. The van der Waals surface area contributed by atoms with Gasteiger partial charge in [-0.2, -0.15) is 0 Å². The molecule has 0 aliphatic carbocycles. The lowest BCUT2D eigenvalue weighted by Crippen LogP contribution is -2.05. The van der Waals surface area contributed by atoms with Gasteiger partial charge in [-0.05, 0) is 18.1 Å². The van der Waals surface area contributed by atoms with E-state index in [1.807, 2.05) is 23.7 Å². The second-order valence-corrected chi connectivity index (χ2v) is 4.93. The van der Waals surface area contributed by atoms with E-state index in [-0.39, 0.29) is 6.42 Å². The monoisotopic (exact) mass is 277 g/mol. The van der Waals surface area contributed by atoms with Gasteiger partial charge in [-0.1, -0.05) is 6.07 Å². The Kier molecular flexibility index (Phi) is 4.85. The molecule has 0 aromatic carbocycles. The Morgan fingerprint density at radius 3 is 3.05 bits per heavy atom. The molecule has 2 aromatic rings. The standard InChI is InChI=1S/C13H15N3O2S/c17-12(18)4-3-11-9-19-13(16-11)15-7-5-10-2-1-6-14-8-10/h1-2,6,8-9H,3-5,7H2,(H,15,16)(H,17,18). The minimum atomic E-state index is -0.793. The van der Waals surface area contributed by atoms with E-state index >= 15 is 0 Å². The molecule has 100 valence electrons. The quantitative estimate of drug-likeness (QED) is 0.811. The van der Waals surface area contributed by atoms with Crippen molar-refractivity contribution in [2.45, 2.75) is 19.3 Å². The lowest BCUT2D eigenvalue weighted by atomic mass is 10.2. The molecule has 0 fully saturated rings. The first kappa shape index (κ1) is 13.5. The number of carboxylic acids is 1. The largest absolute Gasteiger partial charge is 0.481 e. The minimum Gasteiger partial charge on any atom is -0.481 e. The van der Waals surface area contributed by atoms with E-state index in [0.29, 0.717) is 6.42 Å². The SMILES string of the molecule is O=C(O)CCc1csc(NCCc2cccnc2)n1. The highest BCUT2D eigenvalue weighted by Crippen LogP contribution is 2.16. The van der Waals surface area contributed by atoms with E-state index in [1.165, 1.54) is 16.9 Å². The van der Waals surface area contributed by atoms with Gasteiger partial charge in [-0.25, -0.2) is 4.98 Å². The van der Waals surface area contributed by atoms with Gasteiger partial charge < -0.3 is 10.4 Å². The fourth-order valence-corrected chi connectivity index (χ4v) is 2.37. The molecule has 2 rings (SSSR count). The van der Waals surface area contributed by atoms with Gasteiger partial charge in [-0.15, -0.1) is 11.3 Å². The summed E-state index contributed by atoms with van der Waals surface area (Å²) < 4.78 is 0. The summed E-state index contributed by atoms with van der Waals surface area (Å²) in [5.41, 5.74) is 2.01. The van der Waals surface area contributed by atoms with E-state index in [0.717, 1.165) is 23.8 Å². The second kappa shape index (κ2) is 6.84. The number of carboxylic acid groups (broad SMARTS) is 1. The van der Waals surface area contributed by atoms with Crippen molar-refractivity contribution in [2.75, 3.05) is 11.9 Å². The molecule has 0 radical (unpaired) electrons. The van der Waals surface area contributed by atoms with Gasteiger partial charge in [0.1, 0.15) is 0 Å². The van der Waals surface area contributed by atoms with Gasteiger partial charge in [0.15, 0.2) is 5.13 Å². The number of hydrogen-bond donors (Lipinski definition) is 2. The van der Waals surface area contributed by atoms with Crippen LogP contribution in [0.1, 0.15) is 17.7 Å². The molecule has 5 nitrogen and oxygen atoms in total. The third-order valence-electron chi connectivity index (χ3n) is 2.56. The molecule has 0 saturated heterocycles. The summed E-state index contributed by atoms with van der Waals surface area (Å²) >= 11 is 1.51. The first-order valence-corrected chi connectivity index (χ1v) is 6.91. The van der Waals surface area contributed by atoms with E-state index in [9.17, 15) is 4.79 Å². The van der Waals surface area contributed by atoms with Gasteiger partial charge in [0, 0.05) is 30.7 Å². The number of nitrogens with zero attached hydrogens (tertiary/aromatic N) is 2. The van der Waals surface area contributed by atoms with E-state index in [1.54, 1.807) is 6.20 Å². The van der Waals surface area contributed by atoms with Crippen LogP contribution in [0.15, 0.2) is 29.9 Å². The van der Waals surface area contributed by atoms with Gasteiger partial charge in [-0.3, -0.25) is 9.78 Å². The predicted molar refractivity (Wildman–Crippen MR) is 74.5 cm³/mol. The zero-order valence-electron chi connectivity index (χ0n) is 10.4. The maximum atomic E-state index is 10.5. The summed E-state index contributed by atoms with van der Waals surface area (Å²) in [5.74, 6) is -0.793. The Balaban J connectivity index is 1.76. The van der Waals surface area contributed by atoms with Crippen molar-refractivity contribution >= 4 is 22.4 Å². The molecule has 0 atom stereocenters. The van der Waals surface area contributed by atoms with Crippen molar-refractivity contribution < 1.29 is 9.90 Å². The summed E-state index contributed by atoms with van der Waals surface area (Å²) in [6.07, 6.45) is 5.10. The van der Waals surface area contributed by atoms with Crippen LogP contribution in [-0.4, -0.2) is 27.6 Å². The smallest absolute Gasteiger partial charge is 0.303 e. The van der Waals surface area contributed by atoms with Crippen LogP contribution in [0.4, 0.5) is 5.13 Å². The van der Waals surface area contributed by atoms with Crippen molar-refractivity contribution in [1.29, 1.82) is 0 Å². The van der Waals surface area contributed by atoms with Crippen molar-refractivity contribution in [1.82, 2.24) is 9.97 Å². The highest BCUT2D eigenvalue weighted by molar-refractivity contribution is 7.13. The van der Waals surface area contributed by atoms with Gasteiger partial charge in [0.05, 0.1) is 12.1 Å². The Bertz CT molecular complexity index is 528. The molecule has 0 aliphatic heterocycles. The first-order chi connectivity index (χ1) is 9.24. The Labute approximate surface area is 115 Å². The highest BCUT2D eigenvalue weighted by atomic mass is 32.1. The molecule has 2 aromatic heterocycles. The molecule has 0 saturated carbocycles. The molecule has 0 aliphatic rings. The van der Waals surface area contributed by atoms with Crippen LogP contribution in [0.2, 0.25) is 0 Å². The van der Waals surface area contributed by atoms with Gasteiger partial charge in [0.25, 0.3) is 0 Å². The summed E-state index contributed by atoms with van der Waals surface area (Å²) in [6.45, 7) is 0.789. The number of aryl methyl sites for hydroxylation is 1. The molecule has 0 unspecified atom stereocenters. The van der Waals surface area contributed by atoms with E-state index in [2.05, 4.69) is 15.3 Å². The van der Waals surface area contributed by atoms with Crippen molar-refractivity contribution in [3.8, 4) is 0 Å². The number of nitrogens with one attached hydrogen (secondary N) is 1. The Morgan fingerprint density at radius 1 is 1.42 bits per heavy atom. The third-order valence-corrected chi connectivity index (χ3v) is 3.41. The molecule has 2 heterocycles. The molecule has 0 spiro atoms. The number of anilines is 1. The number of aliphatic carboxylic acids is 1. The van der Waals surface area contributed by atoms with Gasteiger partial charge >= 0.3 is 5.97 Å². The Morgan fingerprint density at radius 2 is 2.32 bits per heavy atom. The van der Waals surface area contributed by atoms with Crippen LogP contribution in [0.3, 0.4) is 0 Å². The van der Waals surface area contributed by atoms with Crippen LogP contribution in [0.25, 0.3) is 0 Å². The number of thiazole rings is 1. The average molecular weight is 277 g/mol. The molecular formula is C13H15N3O2S. The highest BCUT2D eigenvalue weighted by Gasteiger charge is 2.04. The fourth-order valence-electron chi connectivity index (χ4n) is 1.60. The number of carbonyl (C=O) groups is 1. The molecular weight excluding hydrogens is 262 g/mol. The summed E-state index contributed by atoms with van der Waals surface area (Å²) in [5, 5.41) is 14.6. The number of pyridine rings is 1. The number of aromatic nitrogens is 2. The minimum absolute atomic E-state index is 0.124. The van der Waals surface area contributed by atoms with Crippen LogP contribution in [-0.2, 0) is 17.6 Å². The van der Waals surface area contributed by atoms with Crippen LogP contribution in [0.5, 0.6) is 0 Å². The van der Waals surface area contributed by atoms with Crippen molar-refractivity contribution in [3.05, 3.63) is 41.2 Å². The second-order valence-electron chi connectivity index (χ2n) is 4.08. The molecule has 19 heavy (non-hydrogen) atoms. The zero-order chi connectivity index (χ0) is 13.5. The van der Waals surface area contributed by atoms with E-state index in [4.69, 9.17) is 5.11 Å². The maximum absolute atomic E-state index is 10.5. The van der Waals surface area contributed by atoms with Gasteiger partial charge in [0.2, 0.25) is 0 Å². The topological polar surface area (TPSA) is 75.1 Å². The molecule has 0 amide bonds. The summed E-state index contributed by atoms with van der Waals surface area (Å²) in [6, 6.07) is 3.96. The first-order valence-electron chi connectivity index (χ1n) is 6.03. The van der Waals surface area contributed by atoms with E-state index < -0.39 is 5.97 Å². The van der Waals surface area contributed by atoms with Crippen molar-refractivity contribution in [3.63, 3.8) is 0 Å². The molecule has 0 bridgehead atoms. The number of hydrogen-bond acceptors (Lipinski definition) is 5. The van der Waals surface area contributed by atoms with Crippen molar-refractivity contribution in [2.24, 2.45) is 0 Å². The molecule has 2 N–H and O–H groups in total. The summed E-state index contributed by atoms with van der Waals surface area (Å²) in [4.78, 5) is 18.9. The lowest BCUT2D eigenvalue weighted by molar-refractivity contribution is -0.136. The van der Waals surface area contributed by atoms with Crippen LogP contribution in [0, 0.1) is 0 Å². The normalized spacial score (nSPS) is 10.3. The predicted octanol–water partition coefficient (Wildman–Crippen LogP) is 2.21. The van der Waals surface area contributed by atoms with Crippen LogP contribution < -0.4 is 5.32 Å². The zero-order valence-corrected chi connectivity index (χ0v) is 11.2. The maximum Gasteiger partial charge on any atom is 0.303 e. The Hall–Kier alpha value is -1.95. The fraction of sp³-hybridized carbons (Fsp3) is 0.308. The van der Waals surface area contributed by atoms with Crippen LogP contribution >= 0.6 is 11.3 Å². The summed E-state index contributed by atoms with van der Waals surface area (Å²) in [7, 11) is 0. The lowest BCUT2D eigenvalue weighted by Gasteiger charge is -2.02.